The predicted octanol–water partition coefficient (Wildman–Crippen LogP) is 4.53. The molecule has 3 aromatic rings. The summed E-state index contributed by atoms with van der Waals surface area (Å²) < 4.78 is 11.1. The highest BCUT2D eigenvalue weighted by molar-refractivity contribution is 6.06. The summed E-state index contributed by atoms with van der Waals surface area (Å²) in [5.41, 5.74) is 3.71. The van der Waals surface area contributed by atoms with E-state index in [1.165, 1.54) is 12.1 Å². The molecule has 0 aliphatic carbocycles. The Morgan fingerprint density at radius 1 is 1.17 bits per heavy atom. The minimum atomic E-state index is -1.10. The van der Waals surface area contributed by atoms with Gasteiger partial charge in [0.15, 0.2) is 0 Å². The standard InChI is InChI=1S/C23H22N2O5/c1-14-8-9-17(12-21(14)29-13-19-15(2)25-30-16(19)3)10-11-22(26)24-20-7-5-4-6-18(20)23(27)28/h4-12H,13H2,1-3H3,(H,24,26)(H,27,28)/b11-10+. The van der Waals surface area contributed by atoms with E-state index in [-0.39, 0.29) is 11.3 Å². The van der Waals surface area contributed by atoms with E-state index in [2.05, 4.69) is 10.5 Å². The van der Waals surface area contributed by atoms with Crippen LogP contribution in [0.15, 0.2) is 53.1 Å². The second kappa shape index (κ2) is 9.09. The first-order valence-corrected chi connectivity index (χ1v) is 9.31. The van der Waals surface area contributed by atoms with E-state index in [1.807, 2.05) is 39.0 Å². The van der Waals surface area contributed by atoms with Gasteiger partial charge < -0.3 is 19.7 Å². The molecular formula is C23H22N2O5. The van der Waals surface area contributed by atoms with Gasteiger partial charge in [0, 0.05) is 6.08 Å². The fourth-order valence-electron chi connectivity index (χ4n) is 2.86. The van der Waals surface area contributed by atoms with Crippen LogP contribution in [-0.2, 0) is 11.4 Å². The molecule has 0 spiro atoms. The molecule has 7 heteroatoms. The van der Waals surface area contributed by atoms with E-state index < -0.39 is 11.9 Å². The lowest BCUT2D eigenvalue weighted by Crippen LogP contribution is -2.11. The first kappa shape index (κ1) is 20.9. The Balaban J connectivity index is 1.69. The number of anilines is 1. The van der Waals surface area contributed by atoms with Gasteiger partial charge in [-0.2, -0.15) is 0 Å². The molecule has 1 amide bonds. The van der Waals surface area contributed by atoms with E-state index in [9.17, 15) is 14.7 Å². The molecule has 0 fully saturated rings. The first-order chi connectivity index (χ1) is 14.3. The number of carbonyl (C=O) groups is 2. The van der Waals surface area contributed by atoms with Gasteiger partial charge in [-0.1, -0.05) is 29.4 Å². The summed E-state index contributed by atoms with van der Waals surface area (Å²) in [4.78, 5) is 23.5. The van der Waals surface area contributed by atoms with Gasteiger partial charge in [-0.05, 0) is 56.2 Å². The predicted molar refractivity (Wildman–Crippen MR) is 113 cm³/mol. The van der Waals surface area contributed by atoms with E-state index in [0.717, 1.165) is 28.1 Å². The Kier molecular flexibility index (Phi) is 6.32. The molecule has 0 saturated heterocycles. The van der Waals surface area contributed by atoms with Gasteiger partial charge in [0.2, 0.25) is 5.91 Å². The third-order valence-corrected chi connectivity index (χ3v) is 4.61. The van der Waals surface area contributed by atoms with Gasteiger partial charge in [-0.15, -0.1) is 0 Å². The van der Waals surface area contributed by atoms with Crippen molar-refractivity contribution in [3.05, 3.63) is 82.2 Å². The van der Waals surface area contributed by atoms with Gasteiger partial charge in [0.25, 0.3) is 0 Å². The maximum absolute atomic E-state index is 12.2. The van der Waals surface area contributed by atoms with E-state index in [4.69, 9.17) is 9.26 Å². The third kappa shape index (κ3) is 4.94. The van der Waals surface area contributed by atoms with Crippen LogP contribution in [-0.4, -0.2) is 22.1 Å². The Labute approximate surface area is 174 Å². The molecule has 1 heterocycles. The van der Waals surface area contributed by atoms with Crippen LogP contribution in [0.25, 0.3) is 6.08 Å². The number of amides is 1. The van der Waals surface area contributed by atoms with Crippen molar-refractivity contribution in [2.45, 2.75) is 27.4 Å². The lowest BCUT2D eigenvalue weighted by molar-refractivity contribution is -0.111. The normalized spacial score (nSPS) is 10.9. The summed E-state index contributed by atoms with van der Waals surface area (Å²) in [5, 5.41) is 15.7. The zero-order valence-electron chi connectivity index (χ0n) is 16.9. The van der Waals surface area contributed by atoms with E-state index in [0.29, 0.717) is 12.4 Å². The highest BCUT2D eigenvalue weighted by Gasteiger charge is 2.12. The molecule has 1 aromatic heterocycles. The van der Waals surface area contributed by atoms with Crippen LogP contribution in [0.4, 0.5) is 5.69 Å². The van der Waals surface area contributed by atoms with Crippen LogP contribution in [0.2, 0.25) is 0 Å². The summed E-state index contributed by atoms with van der Waals surface area (Å²) in [6.07, 6.45) is 2.99. The molecule has 3 rings (SSSR count). The molecule has 2 aromatic carbocycles. The summed E-state index contributed by atoms with van der Waals surface area (Å²) in [5.74, 6) is -0.121. The third-order valence-electron chi connectivity index (χ3n) is 4.61. The van der Waals surface area contributed by atoms with Crippen LogP contribution >= 0.6 is 0 Å². The van der Waals surface area contributed by atoms with Crippen LogP contribution in [0.3, 0.4) is 0 Å². The maximum atomic E-state index is 12.2. The second-order valence-corrected chi connectivity index (χ2v) is 6.79. The van der Waals surface area contributed by atoms with Crippen molar-refractivity contribution in [3.63, 3.8) is 0 Å². The number of hydrogen-bond donors (Lipinski definition) is 2. The number of ether oxygens (including phenoxy) is 1. The first-order valence-electron chi connectivity index (χ1n) is 9.31. The molecule has 0 saturated carbocycles. The number of aromatic carboxylic acids is 1. The van der Waals surface area contributed by atoms with Gasteiger partial charge in [-0.3, -0.25) is 4.79 Å². The van der Waals surface area contributed by atoms with Crippen molar-refractivity contribution in [1.82, 2.24) is 5.16 Å². The number of aromatic nitrogens is 1. The highest BCUT2D eigenvalue weighted by atomic mass is 16.5. The van der Waals surface area contributed by atoms with Gasteiger partial charge in [0.05, 0.1) is 22.5 Å². The summed E-state index contributed by atoms with van der Waals surface area (Å²) in [7, 11) is 0. The van der Waals surface area contributed by atoms with Crippen molar-refractivity contribution in [2.24, 2.45) is 0 Å². The molecule has 0 radical (unpaired) electrons. The van der Waals surface area contributed by atoms with Gasteiger partial charge in [-0.25, -0.2) is 4.79 Å². The lowest BCUT2D eigenvalue weighted by atomic mass is 10.1. The minimum Gasteiger partial charge on any atom is -0.488 e. The number of carboxylic acids is 1. The SMILES string of the molecule is Cc1ccc(/C=C/C(=O)Nc2ccccc2C(=O)O)cc1OCc1c(C)noc1C. The molecule has 0 aliphatic rings. The van der Waals surface area contributed by atoms with Crippen LogP contribution in [0.1, 0.15) is 38.5 Å². The Morgan fingerprint density at radius 3 is 2.63 bits per heavy atom. The van der Waals surface area contributed by atoms with Crippen LogP contribution in [0.5, 0.6) is 5.75 Å². The number of benzene rings is 2. The largest absolute Gasteiger partial charge is 0.488 e. The van der Waals surface area contributed by atoms with Crippen molar-refractivity contribution >= 4 is 23.6 Å². The minimum absolute atomic E-state index is 0.0320. The second-order valence-electron chi connectivity index (χ2n) is 6.79. The number of aryl methyl sites for hydroxylation is 3. The molecule has 0 bridgehead atoms. The fraction of sp³-hybridized carbons (Fsp3) is 0.174. The number of nitrogens with zero attached hydrogens (tertiary/aromatic N) is 1. The quantitative estimate of drug-likeness (QED) is 0.559. The topological polar surface area (TPSA) is 102 Å². The molecule has 2 N–H and O–H groups in total. The van der Waals surface area contributed by atoms with Crippen molar-refractivity contribution in [2.75, 3.05) is 5.32 Å². The fourth-order valence-corrected chi connectivity index (χ4v) is 2.86. The Bertz CT molecular complexity index is 1100. The van der Waals surface area contributed by atoms with Gasteiger partial charge >= 0.3 is 5.97 Å². The zero-order valence-corrected chi connectivity index (χ0v) is 16.9. The average molecular weight is 406 g/mol. The van der Waals surface area contributed by atoms with Crippen molar-refractivity contribution in [3.8, 4) is 5.75 Å². The molecule has 0 atom stereocenters. The maximum Gasteiger partial charge on any atom is 0.337 e. The van der Waals surface area contributed by atoms with E-state index >= 15 is 0 Å². The molecule has 7 nitrogen and oxygen atoms in total. The molecule has 30 heavy (non-hydrogen) atoms. The number of carbonyl (C=O) groups excluding carboxylic acids is 1. The molecular weight excluding hydrogens is 384 g/mol. The Morgan fingerprint density at radius 2 is 1.93 bits per heavy atom. The van der Waals surface area contributed by atoms with Crippen molar-refractivity contribution in [1.29, 1.82) is 0 Å². The summed E-state index contributed by atoms with van der Waals surface area (Å²) >= 11 is 0. The summed E-state index contributed by atoms with van der Waals surface area (Å²) in [6, 6.07) is 11.8. The number of rotatable bonds is 7. The number of para-hydroxylation sites is 1. The average Bonchev–Trinajstić information content (AvgIpc) is 3.04. The summed E-state index contributed by atoms with van der Waals surface area (Å²) in [6.45, 7) is 5.97. The molecule has 154 valence electrons. The Hall–Kier alpha value is -3.87. The van der Waals surface area contributed by atoms with Crippen LogP contribution < -0.4 is 10.1 Å². The smallest absolute Gasteiger partial charge is 0.337 e. The van der Waals surface area contributed by atoms with Gasteiger partial charge in [0.1, 0.15) is 18.1 Å². The number of carboxylic acid groups (broad SMARTS) is 1. The molecule has 0 aliphatic heterocycles. The number of hydrogen-bond acceptors (Lipinski definition) is 5. The lowest BCUT2D eigenvalue weighted by Gasteiger charge is -2.10. The highest BCUT2D eigenvalue weighted by Crippen LogP contribution is 2.23. The monoisotopic (exact) mass is 406 g/mol. The zero-order chi connectivity index (χ0) is 21.7. The van der Waals surface area contributed by atoms with E-state index in [1.54, 1.807) is 24.3 Å². The van der Waals surface area contributed by atoms with Crippen molar-refractivity contribution < 1.29 is 24.0 Å². The van der Waals surface area contributed by atoms with Crippen LogP contribution in [0, 0.1) is 20.8 Å². The molecule has 0 unspecified atom stereocenters. The number of nitrogens with one attached hydrogen (secondary N) is 1.